The maximum Gasteiger partial charge on any atom is 0.337 e. The van der Waals surface area contributed by atoms with Gasteiger partial charge >= 0.3 is 12.0 Å². The highest BCUT2D eigenvalue weighted by Gasteiger charge is 2.17. The molecule has 0 bridgehead atoms. The summed E-state index contributed by atoms with van der Waals surface area (Å²) in [6.45, 7) is 2.00. The van der Waals surface area contributed by atoms with Crippen LogP contribution in [0.15, 0.2) is 22.7 Å². The Bertz CT molecular complexity index is 530. The SMILES string of the molecule is O=C(NCC1CCOCC1)Nc1c(Br)cccc1C(=O)O. The van der Waals surface area contributed by atoms with Crippen molar-refractivity contribution in [2.24, 2.45) is 5.92 Å². The Morgan fingerprint density at radius 2 is 2.05 bits per heavy atom. The molecular formula is C14H17BrN2O4. The monoisotopic (exact) mass is 356 g/mol. The maximum absolute atomic E-state index is 11.9. The number of rotatable bonds is 4. The number of urea groups is 1. The smallest absolute Gasteiger partial charge is 0.337 e. The lowest BCUT2D eigenvalue weighted by Gasteiger charge is -2.22. The number of carbonyl (C=O) groups excluding carboxylic acids is 1. The third-order valence-corrected chi connectivity index (χ3v) is 4.04. The molecule has 3 N–H and O–H groups in total. The third kappa shape index (κ3) is 4.44. The van der Waals surface area contributed by atoms with Gasteiger partial charge in [0, 0.05) is 24.2 Å². The van der Waals surface area contributed by atoms with E-state index in [4.69, 9.17) is 9.84 Å². The summed E-state index contributed by atoms with van der Waals surface area (Å²) in [7, 11) is 0. The fourth-order valence-electron chi connectivity index (χ4n) is 2.17. The molecule has 1 aliphatic rings. The Balaban J connectivity index is 1.94. The summed E-state index contributed by atoms with van der Waals surface area (Å²) in [6.07, 6.45) is 1.85. The second-order valence-corrected chi connectivity index (χ2v) is 5.71. The first-order chi connectivity index (χ1) is 10.1. The zero-order valence-corrected chi connectivity index (χ0v) is 13.0. The van der Waals surface area contributed by atoms with Crippen LogP contribution in [0.25, 0.3) is 0 Å². The number of carboxylic acid groups (broad SMARTS) is 1. The summed E-state index contributed by atoms with van der Waals surface area (Å²) < 4.78 is 5.79. The average Bonchev–Trinajstić information content (AvgIpc) is 2.48. The molecule has 0 spiro atoms. The van der Waals surface area contributed by atoms with Crippen LogP contribution in [-0.4, -0.2) is 36.9 Å². The van der Waals surface area contributed by atoms with Crippen molar-refractivity contribution >= 4 is 33.6 Å². The fraction of sp³-hybridized carbons (Fsp3) is 0.429. The van der Waals surface area contributed by atoms with Crippen LogP contribution in [0.2, 0.25) is 0 Å². The average molecular weight is 357 g/mol. The van der Waals surface area contributed by atoms with Gasteiger partial charge in [0.2, 0.25) is 0 Å². The number of halogens is 1. The molecule has 1 fully saturated rings. The molecule has 0 radical (unpaired) electrons. The minimum Gasteiger partial charge on any atom is -0.478 e. The van der Waals surface area contributed by atoms with Crippen molar-refractivity contribution in [3.63, 3.8) is 0 Å². The molecule has 1 aromatic rings. The third-order valence-electron chi connectivity index (χ3n) is 3.37. The summed E-state index contributed by atoms with van der Waals surface area (Å²) in [4.78, 5) is 23.1. The Morgan fingerprint density at radius 3 is 2.71 bits per heavy atom. The van der Waals surface area contributed by atoms with Crippen molar-refractivity contribution < 1.29 is 19.4 Å². The Hall–Kier alpha value is -1.60. The van der Waals surface area contributed by atoms with E-state index in [1.165, 1.54) is 6.07 Å². The zero-order valence-electron chi connectivity index (χ0n) is 11.4. The predicted octanol–water partition coefficient (Wildman–Crippen LogP) is 2.70. The molecule has 1 aromatic carbocycles. The van der Waals surface area contributed by atoms with Crippen LogP contribution in [0.4, 0.5) is 10.5 Å². The van der Waals surface area contributed by atoms with Crippen LogP contribution in [0, 0.1) is 5.92 Å². The van der Waals surface area contributed by atoms with Crippen molar-refractivity contribution in [3.05, 3.63) is 28.2 Å². The highest BCUT2D eigenvalue weighted by atomic mass is 79.9. The second-order valence-electron chi connectivity index (χ2n) is 4.86. The molecular weight excluding hydrogens is 340 g/mol. The van der Waals surface area contributed by atoms with Gasteiger partial charge in [0.05, 0.1) is 11.3 Å². The molecule has 1 saturated heterocycles. The Kier molecular flexibility index (Phi) is 5.58. The number of benzene rings is 1. The molecule has 0 aliphatic carbocycles. The van der Waals surface area contributed by atoms with E-state index >= 15 is 0 Å². The maximum atomic E-state index is 11.9. The molecule has 0 saturated carbocycles. The summed E-state index contributed by atoms with van der Waals surface area (Å²) >= 11 is 3.25. The second kappa shape index (κ2) is 7.42. The zero-order chi connectivity index (χ0) is 15.2. The summed E-state index contributed by atoms with van der Waals surface area (Å²) in [5.74, 6) is -0.682. The first-order valence-electron chi connectivity index (χ1n) is 6.72. The molecule has 2 amide bonds. The van der Waals surface area contributed by atoms with E-state index in [9.17, 15) is 9.59 Å². The molecule has 2 rings (SSSR count). The number of ether oxygens (including phenoxy) is 1. The lowest BCUT2D eigenvalue weighted by Crippen LogP contribution is -2.35. The minimum atomic E-state index is -1.09. The van der Waals surface area contributed by atoms with Crippen LogP contribution in [0.3, 0.4) is 0 Å². The number of para-hydroxylation sites is 1. The van der Waals surface area contributed by atoms with E-state index in [1.54, 1.807) is 12.1 Å². The van der Waals surface area contributed by atoms with Gasteiger partial charge in [-0.2, -0.15) is 0 Å². The largest absolute Gasteiger partial charge is 0.478 e. The molecule has 1 heterocycles. The normalized spacial score (nSPS) is 15.5. The van der Waals surface area contributed by atoms with Crippen LogP contribution >= 0.6 is 15.9 Å². The highest BCUT2D eigenvalue weighted by Crippen LogP contribution is 2.26. The number of anilines is 1. The number of carbonyl (C=O) groups is 2. The number of hydrogen-bond donors (Lipinski definition) is 3. The molecule has 6 nitrogen and oxygen atoms in total. The summed E-state index contributed by atoms with van der Waals surface area (Å²) in [5.41, 5.74) is 0.306. The topological polar surface area (TPSA) is 87.7 Å². The Morgan fingerprint density at radius 1 is 1.33 bits per heavy atom. The van der Waals surface area contributed by atoms with Crippen molar-refractivity contribution in [1.82, 2.24) is 5.32 Å². The summed E-state index contributed by atoms with van der Waals surface area (Å²) in [5, 5.41) is 14.5. The van der Waals surface area contributed by atoms with E-state index in [-0.39, 0.29) is 11.3 Å². The van der Waals surface area contributed by atoms with Gasteiger partial charge < -0.3 is 20.5 Å². The van der Waals surface area contributed by atoms with E-state index in [0.29, 0.717) is 16.9 Å². The van der Waals surface area contributed by atoms with Gasteiger partial charge in [-0.15, -0.1) is 0 Å². The molecule has 0 atom stereocenters. The van der Waals surface area contributed by atoms with Gasteiger partial charge in [0.25, 0.3) is 0 Å². The van der Waals surface area contributed by atoms with Gasteiger partial charge in [-0.3, -0.25) is 0 Å². The molecule has 21 heavy (non-hydrogen) atoms. The van der Waals surface area contributed by atoms with Crippen LogP contribution in [0.5, 0.6) is 0 Å². The van der Waals surface area contributed by atoms with Gasteiger partial charge in [0.1, 0.15) is 0 Å². The lowest BCUT2D eigenvalue weighted by atomic mass is 10.0. The number of hydrogen-bond acceptors (Lipinski definition) is 3. The Labute approximate surface area is 131 Å². The molecule has 1 aliphatic heterocycles. The minimum absolute atomic E-state index is 0.0468. The van der Waals surface area contributed by atoms with Crippen molar-refractivity contribution in [2.45, 2.75) is 12.8 Å². The van der Waals surface area contributed by atoms with E-state index in [1.807, 2.05) is 0 Å². The fourth-order valence-corrected chi connectivity index (χ4v) is 2.64. The van der Waals surface area contributed by atoms with Crippen LogP contribution in [-0.2, 0) is 4.74 Å². The van der Waals surface area contributed by atoms with Crippen molar-refractivity contribution in [3.8, 4) is 0 Å². The highest BCUT2D eigenvalue weighted by molar-refractivity contribution is 9.10. The summed E-state index contributed by atoms with van der Waals surface area (Å²) in [6, 6.07) is 4.33. The molecule has 114 valence electrons. The lowest BCUT2D eigenvalue weighted by molar-refractivity contribution is 0.0670. The quantitative estimate of drug-likeness (QED) is 0.773. The van der Waals surface area contributed by atoms with Gasteiger partial charge in [0.15, 0.2) is 0 Å². The standard InChI is InChI=1S/C14H17BrN2O4/c15-11-3-1-2-10(13(18)19)12(11)17-14(20)16-8-9-4-6-21-7-5-9/h1-3,9H,4-8H2,(H,18,19)(H2,16,17,20). The number of amides is 2. The molecule has 0 unspecified atom stereocenters. The van der Waals surface area contributed by atoms with Crippen molar-refractivity contribution in [1.29, 1.82) is 0 Å². The molecule has 0 aromatic heterocycles. The van der Waals surface area contributed by atoms with E-state index in [2.05, 4.69) is 26.6 Å². The van der Waals surface area contributed by atoms with E-state index in [0.717, 1.165) is 26.1 Å². The van der Waals surface area contributed by atoms with Gasteiger partial charge in [-0.1, -0.05) is 6.07 Å². The molecule has 7 heteroatoms. The van der Waals surface area contributed by atoms with Crippen LogP contribution < -0.4 is 10.6 Å². The van der Waals surface area contributed by atoms with Crippen LogP contribution in [0.1, 0.15) is 23.2 Å². The van der Waals surface area contributed by atoms with Crippen molar-refractivity contribution in [2.75, 3.05) is 25.1 Å². The predicted molar refractivity (Wildman–Crippen MR) is 81.7 cm³/mol. The number of aromatic carboxylic acids is 1. The first-order valence-corrected chi connectivity index (χ1v) is 7.51. The number of nitrogens with one attached hydrogen (secondary N) is 2. The first kappa shape index (κ1) is 15.8. The van der Waals surface area contributed by atoms with Gasteiger partial charge in [-0.25, -0.2) is 9.59 Å². The van der Waals surface area contributed by atoms with Gasteiger partial charge in [-0.05, 0) is 46.8 Å². The number of carboxylic acids is 1. The van der Waals surface area contributed by atoms with E-state index < -0.39 is 12.0 Å².